The van der Waals surface area contributed by atoms with Gasteiger partial charge in [-0.1, -0.05) is 26.0 Å². The van der Waals surface area contributed by atoms with Crippen LogP contribution in [-0.2, 0) is 6.54 Å². The van der Waals surface area contributed by atoms with Gasteiger partial charge in [0.15, 0.2) is 0 Å². The number of rotatable bonds is 4. The first kappa shape index (κ1) is 14.0. The summed E-state index contributed by atoms with van der Waals surface area (Å²) < 4.78 is 0. The molecule has 1 aliphatic heterocycles. The summed E-state index contributed by atoms with van der Waals surface area (Å²) in [7, 11) is 0. The second kappa shape index (κ2) is 6.70. The predicted octanol–water partition coefficient (Wildman–Crippen LogP) is 2.33. The maximum atomic E-state index is 8.92. The molecule has 1 aromatic carbocycles. The summed E-state index contributed by atoms with van der Waals surface area (Å²) >= 11 is 0. The van der Waals surface area contributed by atoms with Gasteiger partial charge < -0.3 is 4.90 Å². The molecule has 0 saturated carbocycles. The van der Waals surface area contributed by atoms with E-state index in [4.69, 9.17) is 5.26 Å². The van der Waals surface area contributed by atoms with Gasteiger partial charge in [0.25, 0.3) is 0 Å². The molecular formula is C16H23N3. The summed E-state index contributed by atoms with van der Waals surface area (Å²) in [4.78, 5) is 5.03. The summed E-state index contributed by atoms with van der Waals surface area (Å²) in [5, 5.41) is 8.92. The zero-order valence-corrected chi connectivity index (χ0v) is 12.0. The average Bonchev–Trinajstić information content (AvgIpc) is 2.41. The van der Waals surface area contributed by atoms with E-state index in [1.165, 1.54) is 12.1 Å². The zero-order valence-electron chi connectivity index (χ0n) is 12.0. The summed E-state index contributed by atoms with van der Waals surface area (Å²) in [6.07, 6.45) is 0. The lowest BCUT2D eigenvalue weighted by Gasteiger charge is -2.35. The highest BCUT2D eigenvalue weighted by atomic mass is 15.3. The molecule has 3 heteroatoms. The molecule has 3 nitrogen and oxygen atoms in total. The van der Waals surface area contributed by atoms with E-state index in [1.54, 1.807) is 0 Å². The Balaban J connectivity index is 1.84. The Kier molecular flexibility index (Phi) is 4.95. The van der Waals surface area contributed by atoms with Crippen LogP contribution in [0.2, 0.25) is 0 Å². The van der Waals surface area contributed by atoms with Gasteiger partial charge in [0.2, 0.25) is 0 Å². The van der Waals surface area contributed by atoms with Crippen LogP contribution >= 0.6 is 0 Å². The van der Waals surface area contributed by atoms with Gasteiger partial charge in [-0.25, -0.2) is 0 Å². The molecule has 0 N–H and O–H groups in total. The highest BCUT2D eigenvalue weighted by Gasteiger charge is 2.17. The first-order chi connectivity index (χ1) is 9.17. The molecule has 0 unspecified atom stereocenters. The number of benzene rings is 1. The molecule has 0 aromatic heterocycles. The number of hydrogen-bond acceptors (Lipinski definition) is 3. The van der Waals surface area contributed by atoms with Crippen molar-refractivity contribution in [1.29, 1.82) is 5.26 Å². The molecule has 0 bridgehead atoms. The highest BCUT2D eigenvalue weighted by Crippen LogP contribution is 2.11. The van der Waals surface area contributed by atoms with Crippen LogP contribution in [0.1, 0.15) is 25.0 Å². The predicted molar refractivity (Wildman–Crippen MR) is 77.7 cm³/mol. The molecule has 102 valence electrons. The first-order valence-electron chi connectivity index (χ1n) is 7.11. The van der Waals surface area contributed by atoms with Gasteiger partial charge in [0.05, 0.1) is 11.6 Å². The Morgan fingerprint density at radius 2 is 1.84 bits per heavy atom. The molecule has 1 aliphatic rings. The first-order valence-corrected chi connectivity index (χ1v) is 7.11. The average molecular weight is 257 g/mol. The number of nitriles is 1. The van der Waals surface area contributed by atoms with Crippen LogP contribution in [0.3, 0.4) is 0 Å². The second-order valence-electron chi connectivity index (χ2n) is 5.78. The molecule has 0 aliphatic carbocycles. The van der Waals surface area contributed by atoms with Gasteiger partial charge in [-0.05, 0) is 23.6 Å². The molecule has 1 fully saturated rings. The van der Waals surface area contributed by atoms with Crippen LogP contribution in [0.15, 0.2) is 24.3 Å². The van der Waals surface area contributed by atoms with Crippen LogP contribution < -0.4 is 0 Å². The van der Waals surface area contributed by atoms with Crippen LogP contribution in [-0.4, -0.2) is 42.5 Å². The Morgan fingerprint density at radius 3 is 2.47 bits per heavy atom. The molecule has 0 atom stereocenters. The van der Waals surface area contributed by atoms with E-state index in [2.05, 4.69) is 35.8 Å². The van der Waals surface area contributed by atoms with Gasteiger partial charge in [0, 0.05) is 39.3 Å². The van der Waals surface area contributed by atoms with E-state index in [0.717, 1.165) is 44.2 Å². The van der Waals surface area contributed by atoms with Crippen molar-refractivity contribution in [2.24, 2.45) is 5.92 Å². The van der Waals surface area contributed by atoms with Gasteiger partial charge in [-0.15, -0.1) is 0 Å². The van der Waals surface area contributed by atoms with Gasteiger partial charge in [-0.2, -0.15) is 5.26 Å². The third kappa shape index (κ3) is 4.34. The minimum atomic E-state index is 0.749. The fourth-order valence-corrected chi connectivity index (χ4v) is 2.64. The maximum Gasteiger partial charge on any atom is 0.0991 e. The Bertz CT molecular complexity index is 440. The number of hydrogen-bond donors (Lipinski definition) is 0. The third-order valence-corrected chi connectivity index (χ3v) is 3.55. The van der Waals surface area contributed by atoms with Crippen molar-refractivity contribution in [3.8, 4) is 6.07 Å². The molecule has 0 radical (unpaired) electrons. The molecule has 0 spiro atoms. The fourth-order valence-electron chi connectivity index (χ4n) is 2.64. The summed E-state index contributed by atoms with van der Waals surface area (Å²) in [6.45, 7) is 11.3. The molecular weight excluding hydrogens is 234 g/mol. The van der Waals surface area contributed by atoms with E-state index in [1.807, 2.05) is 18.2 Å². The molecule has 19 heavy (non-hydrogen) atoms. The Morgan fingerprint density at radius 1 is 1.16 bits per heavy atom. The smallest absolute Gasteiger partial charge is 0.0991 e. The topological polar surface area (TPSA) is 30.3 Å². The normalized spacial score (nSPS) is 17.6. The second-order valence-corrected chi connectivity index (χ2v) is 5.78. The minimum Gasteiger partial charge on any atom is -0.301 e. The molecule has 2 rings (SSSR count). The largest absolute Gasteiger partial charge is 0.301 e. The summed E-state index contributed by atoms with van der Waals surface area (Å²) in [5.74, 6) is 0.749. The van der Waals surface area contributed by atoms with Crippen LogP contribution in [0.4, 0.5) is 0 Å². The maximum absolute atomic E-state index is 8.92. The van der Waals surface area contributed by atoms with Gasteiger partial charge >= 0.3 is 0 Å². The van der Waals surface area contributed by atoms with Crippen molar-refractivity contribution >= 4 is 0 Å². The number of piperazine rings is 1. The van der Waals surface area contributed by atoms with Crippen molar-refractivity contribution in [3.05, 3.63) is 35.4 Å². The van der Waals surface area contributed by atoms with E-state index >= 15 is 0 Å². The number of nitrogens with zero attached hydrogens (tertiary/aromatic N) is 3. The lowest BCUT2D eigenvalue weighted by atomic mass is 10.1. The highest BCUT2D eigenvalue weighted by molar-refractivity contribution is 5.32. The monoisotopic (exact) mass is 257 g/mol. The molecule has 0 amide bonds. The van der Waals surface area contributed by atoms with E-state index < -0.39 is 0 Å². The van der Waals surface area contributed by atoms with Crippen molar-refractivity contribution in [2.45, 2.75) is 20.4 Å². The van der Waals surface area contributed by atoms with Crippen molar-refractivity contribution < 1.29 is 0 Å². The van der Waals surface area contributed by atoms with Gasteiger partial charge in [-0.3, -0.25) is 4.90 Å². The van der Waals surface area contributed by atoms with E-state index in [0.29, 0.717) is 0 Å². The van der Waals surface area contributed by atoms with Crippen molar-refractivity contribution in [1.82, 2.24) is 9.80 Å². The molecule has 1 saturated heterocycles. The van der Waals surface area contributed by atoms with Crippen molar-refractivity contribution in [2.75, 3.05) is 32.7 Å². The fraction of sp³-hybridized carbons (Fsp3) is 0.562. The lowest BCUT2D eigenvalue weighted by molar-refractivity contribution is 0.117. The summed E-state index contributed by atoms with van der Waals surface area (Å²) in [5.41, 5.74) is 2.01. The molecule has 1 heterocycles. The third-order valence-electron chi connectivity index (χ3n) is 3.55. The Hall–Kier alpha value is -1.37. The SMILES string of the molecule is CC(C)CN1CCN(Cc2cccc(C#N)c2)CC1. The van der Waals surface area contributed by atoms with E-state index in [9.17, 15) is 0 Å². The lowest BCUT2D eigenvalue weighted by Crippen LogP contribution is -2.46. The quantitative estimate of drug-likeness (QED) is 0.829. The van der Waals surface area contributed by atoms with E-state index in [-0.39, 0.29) is 0 Å². The van der Waals surface area contributed by atoms with Gasteiger partial charge in [0.1, 0.15) is 0 Å². The standard InChI is InChI=1S/C16H23N3/c1-14(2)12-18-6-8-19(9-7-18)13-16-5-3-4-15(10-16)11-17/h3-5,10,14H,6-9,12-13H2,1-2H3. The summed E-state index contributed by atoms with van der Waals surface area (Å²) in [6, 6.07) is 10.2. The zero-order chi connectivity index (χ0) is 13.7. The molecule has 1 aromatic rings. The van der Waals surface area contributed by atoms with Crippen molar-refractivity contribution in [3.63, 3.8) is 0 Å². The van der Waals surface area contributed by atoms with Crippen LogP contribution in [0, 0.1) is 17.2 Å². The minimum absolute atomic E-state index is 0.749. The van der Waals surface area contributed by atoms with Crippen LogP contribution in [0.5, 0.6) is 0 Å². The Labute approximate surface area is 116 Å². The van der Waals surface area contributed by atoms with Crippen LogP contribution in [0.25, 0.3) is 0 Å².